The lowest BCUT2D eigenvalue weighted by Gasteiger charge is -2.31. The normalized spacial score (nSPS) is 18.4. The third-order valence-corrected chi connectivity index (χ3v) is 4.76. The molecule has 0 atom stereocenters. The Morgan fingerprint density at radius 3 is 2.25 bits per heavy atom. The molecule has 20 heavy (non-hydrogen) atoms. The predicted octanol–water partition coefficient (Wildman–Crippen LogP) is 4.96. The van der Waals surface area contributed by atoms with Crippen molar-refractivity contribution in [2.24, 2.45) is 5.41 Å². The fourth-order valence-electron chi connectivity index (χ4n) is 3.51. The molecule has 0 aromatic heterocycles. The van der Waals surface area contributed by atoms with E-state index in [1.807, 2.05) is 0 Å². The van der Waals surface area contributed by atoms with Crippen molar-refractivity contribution in [3.8, 4) is 0 Å². The zero-order chi connectivity index (χ0) is 14.5. The SMILES string of the molecule is CC(C)(C)NCCC1(CCc2ccccc2)CCCC1. The Hall–Kier alpha value is -0.820. The van der Waals surface area contributed by atoms with E-state index in [0.717, 1.165) is 6.54 Å². The Bertz CT molecular complexity index is 382. The van der Waals surface area contributed by atoms with Crippen molar-refractivity contribution in [3.63, 3.8) is 0 Å². The molecule has 1 N–H and O–H groups in total. The summed E-state index contributed by atoms with van der Waals surface area (Å²) in [6, 6.07) is 11.0. The number of hydrogen-bond acceptors (Lipinski definition) is 1. The van der Waals surface area contributed by atoms with Crippen LogP contribution in [-0.4, -0.2) is 12.1 Å². The van der Waals surface area contributed by atoms with Gasteiger partial charge in [0.1, 0.15) is 0 Å². The van der Waals surface area contributed by atoms with Crippen LogP contribution in [0.5, 0.6) is 0 Å². The fourth-order valence-corrected chi connectivity index (χ4v) is 3.51. The van der Waals surface area contributed by atoms with Crippen molar-refractivity contribution < 1.29 is 0 Å². The van der Waals surface area contributed by atoms with E-state index in [-0.39, 0.29) is 5.54 Å². The summed E-state index contributed by atoms with van der Waals surface area (Å²) in [6.07, 6.45) is 9.70. The van der Waals surface area contributed by atoms with Crippen LogP contribution in [0.3, 0.4) is 0 Å². The Morgan fingerprint density at radius 1 is 1.00 bits per heavy atom. The van der Waals surface area contributed by atoms with E-state index in [1.165, 1.54) is 50.5 Å². The molecule has 1 aromatic carbocycles. The Kier molecular flexibility index (Phi) is 5.26. The maximum atomic E-state index is 3.67. The van der Waals surface area contributed by atoms with E-state index in [9.17, 15) is 0 Å². The monoisotopic (exact) mass is 273 g/mol. The zero-order valence-corrected chi connectivity index (χ0v) is 13.5. The highest BCUT2D eigenvalue weighted by atomic mass is 14.9. The summed E-state index contributed by atoms with van der Waals surface area (Å²) in [4.78, 5) is 0. The van der Waals surface area contributed by atoms with E-state index < -0.39 is 0 Å². The van der Waals surface area contributed by atoms with Crippen molar-refractivity contribution in [1.29, 1.82) is 0 Å². The quantitative estimate of drug-likeness (QED) is 0.772. The van der Waals surface area contributed by atoms with Gasteiger partial charge in [0.25, 0.3) is 0 Å². The van der Waals surface area contributed by atoms with Crippen LogP contribution >= 0.6 is 0 Å². The summed E-state index contributed by atoms with van der Waals surface area (Å²) in [6.45, 7) is 7.95. The van der Waals surface area contributed by atoms with Crippen LogP contribution in [0.4, 0.5) is 0 Å². The number of hydrogen-bond donors (Lipinski definition) is 1. The number of nitrogens with one attached hydrogen (secondary N) is 1. The van der Waals surface area contributed by atoms with E-state index in [2.05, 4.69) is 56.4 Å². The largest absolute Gasteiger partial charge is 0.312 e. The number of rotatable bonds is 6. The van der Waals surface area contributed by atoms with Gasteiger partial charge in [-0.2, -0.15) is 0 Å². The van der Waals surface area contributed by atoms with Crippen LogP contribution in [0.25, 0.3) is 0 Å². The second-order valence-electron chi connectivity index (χ2n) is 7.62. The first-order chi connectivity index (χ1) is 9.49. The molecule has 0 spiro atoms. The van der Waals surface area contributed by atoms with Crippen LogP contribution in [0.1, 0.15) is 64.9 Å². The summed E-state index contributed by atoms with van der Waals surface area (Å²) in [5.41, 5.74) is 2.36. The lowest BCUT2D eigenvalue weighted by atomic mass is 9.77. The van der Waals surface area contributed by atoms with E-state index in [4.69, 9.17) is 0 Å². The lowest BCUT2D eigenvalue weighted by molar-refractivity contribution is 0.235. The van der Waals surface area contributed by atoms with Crippen molar-refractivity contribution in [2.45, 2.75) is 71.3 Å². The van der Waals surface area contributed by atoms with E-state index in [0.29, 0.717) is 5.41 Å². The van der Waals surface area contributed by atoms with Crippen LogP contribution in [0.15, 0.2) is 30.3 Å². The Morgan fingerprint density at radius 2 is 1.65 bits per heavy atom. The van der Waals surface area contributed by atoms with Crippen molar-refractivity contribution >= 4 is 0 Å². The van der Waals surface area contributed by atoms with Crippen molar-refractivity contribution in [2.75, 3.05) is 6.54 Å². The molecule has 2 rings (SSSR count). The summed E-state index contributed by atoms with van der Waals surface area (Å²) in [5, 5.41) is 3.67. The van der Waals surface area contributed by atoms with Gasteiger partial charge < -0.3 is 5.32 Å². The number of benzene rings is 1. The van der Waals surface area contributed by atoms with Gasteiger partial charge in [0.15, 0.2) is 0 Å². The molecular formula is C19H31N. The third kappa shape index (κ3) is 4.94. The molecule has 1 aromatic rings. The van der Waals surface area contributed by atoms with Crippen LogP contribution in [0.2, 0.25) is 0 Å². The maximum absolute atomic E-state index is 3.67. The zero-order valence-electron chi connectivity index (χ0n) is 13.5. The molecule has 112 valence electrons. The Balaban J connectivity index is 1.86. The van der Waals surface area contributed by atoms with Crippen LogP contribution in [0, 0.1) is 5.41 Å². The molecule has 0 radical (unpaired) electrons. The van der Waals surface area contributed by atoms with Crippen LogP contribution < -0.4 is 5.32 Å². The maximum Gasteiger partial charge on any atom is 0.00965 e. The summed E-state index contributed by atoms with van der Waals surface area (Å²) in [7, 11) is 0. The number of aryl methyl sites for hydroxylation is 1. The van der Waals surface area contributed by atoms with E-state index >= 15 is 0 Å². The molecule has 0 heterocycles. The highest BCUT2D eigenvalue weighted by Gasteiger charge is 2.33. The standard InChI is InChI=1S/C19H31N/c1-18(2,3)20-16-15-19(12-7-8-13-19)14-11-17-9-5-4-6-10-17/h4-6,9-10,20H,7-8,11-16H2,1-3H3. The molecule has 0 amide bonds. The average Bonchev–Trinajstić information content (AvgIpc) is 2.85. The molecule has 0 bridgehead atoms. The highest BCUT2D eigenvalue weighted by Crippen LogP contribution is 2.44. The van der Waals surface area contributed by atoms with Gasteiger partial charge >= 0.3 is 0 Å². The second kappa shape index (κ2) is 6.76. The van der Waals surface area contributed by atoms with Gasteiger partial charge in [-0.05, 0) is 70.4 Å². The minimum atomic E-state index is 0.249. The van der Waals surface area contributed by atoms with Gasteiger partial charge in [0, 0.05) is 5.54 Å². The minimum absolute atomic E-state index is 0.249. The second-order valence-corrected chi connectivity index (χ2v) is 7.62. The molecule has 1 heteroatoms. The summed E-state index contributed by atoms with van der Waals surface area (Å²) < 4.78 is 0. The molecule has 1 nitrogen and oxygen atoms in total. The van der Waals surface area contributed by atoms with Gasteiger partial charge in [-0.25, -0.2) is 0 Å². The van der Waals surface area contributed by atoms with Crippen LogP contribution in [-0.2, 0) is 6.42 Å². The highest BCUT2D eigenvalue weighted by molar-refractivity contribution is 5.15. The average molecular weight is 273 g/mol. The van der Waals surface area contributed by atoms with Gasteiger partial charge in [0.2, 0.25) is 0 Å². The molecule has 1 saturated carbocycles. The topological polar surface area (TPSA) is 12.0 Å². The third-order valence-electron chi connectivity index (χ3n) is 4.76. The van der Waals surface area contributed by atoms with Crippen molar-refractivity contribution in [1.82, 2.24) is 5.32 Å². The molecular weight excluding hydrogens is 242 g/mol. The first kappa shape index (κ1) is 15.6. The Labute approximate surface area is 125 Å². The molecule has 0 saturated heterocycles. The smallest absolute Gasteiger partial charge is 0.00965 e. The fraction of sp³-hybridized carbons (Fsp3) is 0.684. The molecule has 0 aliphatic heterocycles. The summed E-state index contributed by atoms with van der Waals surface area (Å²) in [5.74, 6) is 0. The van der Waals surface area contributed by atoms with Gasteiger partial charge in [-0.3, -0.25) is 0 Å². The van der Waals surface area contributed by atoms with E-state index in [1.54, 1.807) is 0 Å². The molecule has 0 unspecified atom stereocenters. The first-order valence-electron chi connectivity index (χ1n) is 8.28. The molecule has 1 fully saturated rings. The van der Waals surface area contributed by atoms with Gasteiger partial charge in [0.05, 0.1) is 0 Å². The minimum Gasteiger partial charge on any atom is -0.312 e. The lowest BCUT2D eigenvalue weighted by Crippen LogP contribution is -2.38. The predicted molar refractivity (Wildman–Crippen MR) is 88.0 cm³/mol. The summed E-state index contributed by atoms with van der Waals surface area (Å²) >= 11 is 0. The molecule has 1 aliphatic carbocycles. The van der Waals surface area contributed by atoms with Gasteiger partial charge in [-0.15, -0.1) is 0 Å². The van der Waals surface area contributed by atoms with Gasteiger partial charge in [-0.1, -0.05) is 43.2 Å². The molecule has 1 aliphatic rings. The van der Waals surface area contributed by atoms with Crippen molar-refractivity contribution in [3.05, 3.63) is 35.9 Å². The first-order valence-corrected chi connectivity index (χ1v) is 8.28.